The van der Waals surface area contributed by atoms with E-state index in [-0.39, 0.29) is 36.5 Å². The van der Waals surface area contributed by atoms with Crippen LogP contribution in [0.25, 0.3) is 0 Å². The number of sulfonamides is 1. The molecule has 0 aromatic heterocycles. The van der Waals surface area contributed by atoms with Crippen molar-refractivity contribution in [3.8, 4) is 0 Å². The lowest BCUT2D eigenvalue weighted by Gasteiger charge is -2.33. The van der Waals surface area contributed by atoms with E-state index in [1.54, 1.807) is 0 Å². The van der Waals surface area contributed by atoms with Crippen molar-refractivity contribution in [2.45, 2.75) is 31.7 Å². The molecule has 0 unspecified atom stereocenters. The molecule has 1 aromatic rings. The van der Waals surface area contributed by atoms with Crippen LogP contribution in [0.5, 0.6) is 0 Å². The number of benzene rings is 1. The number of nitro groups is 1. The predicted octanol–water partition coefficient (Wildman–Crippen LogP) is 1.06. The summed E-state index contributed by atoms with van der Waals surface area (Å²) < 4.78 is 26.8. The third-order valence-electron chi connectivity index (χ3n) is 4.77. The molecule has 1 fully saturated rings. The highest BCUT2D eigenvalue weighted by atomic mass is 32.2. The van der Waals surface area contributed by atoms with E-state index in [2.05, 4.69) is 5.32 Å². The zero-order chi connectivity index (χ0) is 20.2. The molecular weight excluding hydrogens is 372 g/mol. The summed E-state index contributed by atoms with van der Waals surface area (Å²) in [5.74, 6) is 0.240. The van der Waals surface area contributed by atoms with Crippen molar-refractivity contribution in [2.75, 3.05) is 32.7 Å². The zero-order valence-electron chi connectivity index (χ0n) is 15.8. The molecule has 150 valence electrons. The Hall–Kier alpha value is -2.04. The predicted molar refractivity (Wildman–Crippen MR) is 101 cm³/mol. The summed E-state index contributed by atoms with van der Waals surface area (Å²) in [5, 5.41) is 14.1. The van der Waals surface area contributed by atoms with Gasteiger partial charge in [0.2, 0.25) is 15.9 Å². The molecule has 0 radical (unpaired) electrons. The van der Waals surface area contributed by atoms with Crippen LogP contribution in [0.2, 0.25) is 0 Å². The van der Waals surface area contributed by atoms with E-state index in [9.17, 15) is 23.3 Å². The molecule has 1 aromatic carbocycles. The average molecular weight is 398 g/mol. The first kappa shape index (κ1) is 21.3. The average Bonchev–Trinajstić information content (AvgIpc) is 2.61. The molecule has 0 bridgehead atoms. The molecular formula is C17H26N4O5S. The summed E-state index contributed by atoms with van der Waals surface area (Å²) in [6.45, 7) is 7.35. The lowest BCUT2D eigenvalue weighted by Crippen LogP contribution is -2.52. The summed E-state index contributed by atoms with van der Waals surface area (Å²) >= 11 is 0. The molecule has 1 atom stereocenters. The van der Waals surface area contributed by atoms with Crippen LogP contribution in [0.3, 0.4) is 0 Å². The molecule has 1 amide bonds. The fourth-order valence-electron chi connectivity index (χ4n) is 2.76. The molecule has 0 spiro atoms. The number of hydrogen-bond acceptors (Lipinski definition) is 6. The minimum Gasteiger partial charge on any atom is -0.352 e. The maximum Gasteiger partial charge on any atom is 0.289 e. The number of hydrogen-bond donors (Lipinski definition) is 1. The van der Waals surface area contributed by atoms with Crippen LogP contribution >= 0.6 is 0 Å². The molecule has 1 aliphatic heterocycles. The summed E-state index contributed by atoms with van der Waals surface area (Å²) in [4.78, 5) is 24.1. The Morgan fingerprint density at radius 2 is 1.78 bits per heavy atom. The first-order valence-corrected chi connectivity index (χ1v) is 10.3. The SMILES string of the molecule is CC(C)[C@@H](C)NC(=O)CN1CCN(S(=O)(=O)c2ccccc2[N+](=O)[O-])CC1. The van der Waals surface area contributed by atoms with Gasteiger partial charge in [-0.3, -0.25) is 19.8 Å². The molecule has 0 aliphatic carbocycles. The van der Waals surface area contributed by atoms with Crippen molar-refractivity contribution in [2.24, 2.45) is 5.92 Å². The second-order valence-electron chi connectivity index (χ2n) is 7.01. The van der Waals surface area contributed by atoms with Crippen molar-refractivity contribution in [3.63, 3.8) is 0 Å². The van der Waals surface area contributed by atoms with E-state index in [0.29, 0.717) is 19.0 Å². The van der Waals surface area contributed by atoms with Gasteiger partial charge in [0.1, 0.15) is 0 Å². The Bertz CT molecular complexity index is 788. The molecule has 1 saturated heterocycles. The molecule has 1 N–H and O–H groups in total. The van der Waals surface area contributed by atoms with E-state index in [1.807, 2.05) is 25.7 Å². The lowest BCUT2D eigenvalue weighted by atomic mass is 10.1. The maximum absolute atomic E-state index is 12.8. The van der Waals surface area contributed by atoms with Gasteiger partial charge in [-0.25, -0.2) is 8.42 Å². The summed E-state index contributed by atoms with van der Waals surface area (Å²) in [6.07, 6.45) is 0. The van der Waals surface area contributed by atoms with Gasteiger partial charge in [0, 0.05) is 38.3 Å². The number of carbonyl (C=O) groups is 1. The fourth-order valence-corrected chi connectivity index (χ4v) is 4.34. The number of nitro benzene ring substituents is 1. The number of rotatable bonds is 7. The van der Waals surface area contributed by atoms with Crippen molar-refractivity contribution in [3.05, 3.63) is 34.4 Å². The molecule has 1 aliphatic rings. The first-order chi connectivity index (χ1) is 12.6. The summed E-state index contributed by atoms with van der Waals surface area (Å²) in [7, 11) is -3.96. The minimum absolute atomic E-state index is 0.0674. The van der Waals surface area contributed by atoms with E-state index in [1.165, 1.54) is 28.6 Å². The van der Waals surface area contributed by atoms with Crippen LogP contribution < -0.4 is 5.32 Å². The molecule has 9 nitrogen and oxygen atoms in total. The third kappa shape index (κ3) is 5.24. The first-order valence-electron chi connectivity index (χ1n) is 8.88. The van der Waals surface area contributed by atoms with E-state index >= 15 is 0 Å². The Kier molecular flexibility index (Phi) is 6.90. The van der Waals surface area contributed by atoms with Crippen LogP contribution in [0.1, 0.15) is 20.8 Å². The molecule has 10 heteroatoms. The largest absolute Gasteiger partial charge is 0.352 e. The van der Waals surface area contributed by atoms with Crippen LogP contribution in [0, 0.1) is 16.0 Å². The van der Waals surface area contributed by atoms with Crippen LogP contribution in [0.4, 0.5) is 5.69 Å². The third-order valence-corrected chi connectivity index (χ3v) is 6.71. The standard InChI is InChI=1S/C17H26N4O5S/c1-13(2)14(3)18-17(22)12-19-8-10-20(11-9-19)27(25,26)16-7-5-4-6-15(16)21(23)24/h4-7,13-14H,8-12H2,1-3H3,(H,18,22)/t14-/m1/s1. The smallest absolute Gasteiger partial charge is 0.289 e. The van der Waals surface area contributed by atoms with Gasteiger partial charge in [-0.05, 0) is 18.9 Å². The van der Waals surface area contributed by atoms with Crippen molar-refractivity contribution in [1.29, 1.82) is 0 Å². The van der Waals surface area contributed by atoms with Gasteiger partial charge in [-0.2, -0.15) is 4.31 Å². The van der Waals surface area contributed by atoms with Crippen LogP contribution in [-0.2, 0) is 14.8 Å². The Labute approximate surface area is 159 Å². The van der Waals surface area contributed by atoms with Crippen molar-refractivity contribution < 1.29 is 18.1 Å². The van der Waals surface area contributed by atoms with Gasteiger partial charge in [-0.15, -0.1) is 0 Å². The highest BCUT2D eigenvalue weighted by Gasteiger charge is 2.33. The van der Waals surface area contributed by atoms with Gasteiger partial charge < -0.3 is 5.32 Å². The second kappa shape index (κ2) is 8.77. The summed E-state index contributed by atoms with van der Waals surface area (Å²) in [6, 6.07) is 5.41. The molecule has 1 heterocycles. The number of nitrogens with zero attached hydrogens (tertiary/aromatic N) is 3. The Morgan fingerprint density at radius 3 is 2.33 bits per heavy atom. The monoisotopic (exact) mass is 398 g/mol. The Balaban J connectivity index is 1.99. The normalized spacial score (nSPS) is 17.6. The van der Waals surface area contributed by atoms with Crippen molar-refractivity contribution in [1.82, 2.24) is 14.5 Å². The molecule has 2 rings (SSSR count). The number of piperazine rings is 1. The van der Waals surface area contributed by atoms with E-state index in [4.69, 9.17) is 0 Å². The van der Waals surface area contributed by atoms with Gasteiger partial charge >= 0.3 is 0 Å². The minimum atomic E-state index is -3.96. The van der Waals surface area contributed by atoms with Crippen LogP contribution in [0.15, 0.2) is 29.2 Å². The highest BCUT2D eigenvalue weighted by molar-refractivity contribution is 7.89. The number of nitrogens with one attached hydrogen (secondary N) is 1. The van der Waals surface area contributed by atoms with Gasteiger partial charge in [0.05, 0.1) is 11.5 Å². The summed E-state index contributed by atoms with van der Waals surface area (Å²) in [5.41, 5.74) is -0.429. The van der Waals surface area contributed by atoms with Gasteiger partial charge in [0.15, 0.2) is 4.90 Å². The molecule has 0 saturated carbocycles. The number of carbonyl (C=O) groups excluding carboxylic acids is 1. The number of amides is 1. The second-order valence-corrected chi connectivity index (χ2v) is 8.91. The highest BCUT2D eigenvalue weighted by Crippen LogP contribution is 2.26. The van der Waals surface area contributed by atoms with E-state index in [0.717, 1.165) is 0 Å². The van der Waals surface area contributed by atoms with E-state index < -0.39 is 20.6 Å². The van der Waals surface area contributed by atoms with Gasteiger partial charge in [0.25, 0.3) is 5.69 Å². The zero-order valence-corrected chi connectivity index (χ0v) is 16.6. The fraction of sp³-hybridized carbons (Fsp3) is 0.588. The number of para-hydroxylation sites is 1. The molecule has 27 heavy (non-hydrogen) atoms. The Morgan fingerprint density at radius 1 is 1.19 bits per heavy atom. The lowest BCUT2D eigenvalue weighted by molar-refractivity contribution is -0.387. The maximum atomic E-state index is 12.8. The topological polar surface area (TPSA) is 113 Å². The van der Waals surface area contributed by atoms with Crippen LogP contribution in [-0.4, -0.2) is 67.2 Å². The van der Waals surface area contributed by atoms with Crippen molar-refractivity contribution >= 4 is 21.6 Å². The van der Waals surface area contributed by atoms with Gasteiger partial charge in [-0.1, -0.05) is 26.0 Å². The quantitative estimate of drug-likeness (QED) is 0.543.